The lowest BCUT2D eigenvalue weighted by atomic mass is 9.94. The van der Waals surface area contributed by atoms with Crippen LogP contribution in [0.4, 0.5) is 4.79 Å². The zero-order valence-electron chi connectivity index (χ0n) is 27.4. The van der Waals surface area contributed by atoms with Crippen LogP contribution in [-0.4, -0.2) is 121 Å². The maximum Gasteiger partial charge on any atom is 0.326 e. The van der Waals surface area contributed by atoms with Gasteiger partial charge < -0.3 is 50.4 Å². The zero-order chi connectivity index (χ0) is 38.1. The number of hydrogen-bond donors (Lipinski definition) is 8. The summed E-state index contributed by atoms with van der Waals surface area (Å²) in [5.74, 6) is -8.63. The van der Waals surface area contributed by atoms with Crippen LogP contribution in [0.3, 0.4) is 0 Å². The summed E-state index contributed by atoms with van der Waals surface area (Å²) in [4.78, 5) is 103. The zero-order valence-corrected chi connectivity index (χ0v) is 27.4. The lowest BCUT2D eigenvalue weighted by Gasteiger charge is -2.23. The minimum atomic E-state index is -1.63. The predicted molar refractivity (Wildman–Crippen MR) is 169 cm³/mol. The fourth-order valence-electron chi connectivity index (χ4n) is 5.04. The summed E-state index contributed by atoms with van der Waals surface area (Å²) in [6, 6.07) is -4.45. The molecule has 0 bridgehead atoms. The Balaban J connectivity index is 1.97. The number of ketones is 1. The first kappa shape index (κ1) is 41.3. The Morgan fingerprint density at radius 2 is 1.14 bits per heavy atom. The highest BCUT2D eigenvalue weighted by Crippen LogP contribution is 2.18. The molecule has 0 aliphatic rings. The van der Waals surface area contributed by atoms with Crippen LogP contribution in [0.5, 0.6) is 0 Å². The van der Waals surface area contributed by atoms with Gasteiger partial charge in [0.2, 0.25) is 0 Å². The van der Waals surface area contributed by atoms with Crippen LogP contribution in [0.1, 0.15) is 63.0 Å². The van der Waals surface area contributed by atoms with Crippen molar-refractivity contribution in [2.45, 2.75) is 89.6 Å². The molecule has 0 aliphatic heterocycles. The minimum Gasteiger partial charge on any atom is -0.481 e. The van der Waals surface area contributed by atoms with Crippen LogP contribution in [-0.2, 0) is 59.7 Å². The number of nitrogens with one attached hydrogen (secondary N) is 2. The van der Waals surface area contributed by atoms with Gasteiger partial charge in [0.25, 0.3) is 0 Å². The van der Waals surface area contributed by atoms with Crippen LogP contribution >= 0.6 is 0 Å². The average molecular weight is 724 g/mol. The van der Waals surface area contributed by atoms with E-state index < -0.39 is 97.7 Å². The Kier molecular flexibility index (Phi) is 16.7. The third kappa shape index (κ3) is 15.5. The largest absolute Gasteiger partial charge is 0.481 e. The molecule has 21 heteroatoms. The van der Waals surface area contributed by atoms with Gasteiger partial charge >= 0.3 is 41.8 Å². The van der Waals surface area contributed by atoms with Crippen LogP contribution in [0.25, 0.3) is 0 Å². The minimum absolute atomic E-state index is 0.0755. The van der Waals surface area contributed by atoms with Gasteiger partial charge in [0, 0.05) is 44.0 Å². The molecule has 2 heterocycles. The second-order valence-electron chi connectivity index (χ2n) is 11.6. The van der Waals surface area contributed by atoms with Crippen molar-refractivity contribution in [1.29, 1.82) is 0 Å². The SMILES string of the molecule is O=C(O)CC[C@H](NC(=O)N[C@@H](CCC(=O)C[C@@H](CCCCN(Cc1nccn1CC(=O)O)Cc1nccn1CC(=O)O)C(=O)O)C(=O)O)C(=O)O. The molecule has 51 heavy (non-hydrogen) atoms. The predicted octanol–water partition coefficient (Wildman–Crippen LogP) is -0.0681. The molecule has 2 aromatic rings. The molecular weight excluding hydrogens is 682 g/mol. The van der Waals surface area contributed by atoms with E-state index in [2.05, 4.69) is 9.97 Å². The molecular formula is C30H41N7O14. The number of aliphatic carboxylic acids is 6. The van der Waals surface area contributed by atoms with E-state index in [4.69, 9.17) is 5.11 Å². The quantitative estimate of drug-likeness (QED) is 0.0589. The molecule has 21 nitrogen and oxygen atoms in total. The number of rotatable bonds is 26. The van der Waals surface area contributed by atoms with Gasteiger partial charge in [-0.25, -0.2) is 24.4 Å². The molecule has 0 aliphatic carbocycles. The standard InChI is InChI=1S/C30H41N7O14/c38-19(4-5-20(28(47)48)33-30(51)34-21(29(49)50)6-7-24(39)40)13-18(27(45)46)3-1-2-10-35(14-22-31-8-11-36(22)16-25(41)42)15-23-32-9-12-37(23)17-26(43)44/h8-9,11-12,18,20-21H,1-7,10,13-17H2,(H,39,40)(H,41,42)(H,43,44)(H,45,46)(H,47,48)(H,49,50)(H2,33,34,51)/t18-,20+,21+/m1/s1. The molecule has 2 rings (SSSR count). The third-order valence-corrected chi connectivity index (χ3v) is 7.61. The van der Waals surface area contributed by atoms with Crippen molar-refractivity contribution in [2.24, 2.45) is 5.92 Å². The first-order valence-electron chi connectivity index (χ1n) is 15.7. The Hall–Kier alpha value is -5.86. The average Bonchev–Trinajstić information content (AvgIpc) is 3.65. The van der Waals surface area contributed by atoms with Crippen LogP contribution in [0.15, 0.2) is 24.8 Å². The molecule has 3 atom stereocenters. The summed E-state index contributed by atoms with van der Waals surface area (Å²) >= 11 is 0. The summed E-state index contributed by atoms with van der Waals surface area (Å²) in [5, 5.41) is 59.6. The molecule has 0 radical (unpaired) electrons. The van der Waals surface area contributed by atoms with Crippen molar-refractivity contribution in [1.82, 2.24) is 34.6 Å². The Labute approximate surface area is 289 Å². The van der Waals surface area contributed by atoms with Crippen molar-refractivity contribution < 1.29 is 69.0 Å². The van der Waals surface area contributed by atoms with Gasteiger partial charge in [-0.1, -0.05) is 6.42 Å². The summed E-state index contributed by atoms with van der Waals surface area (Å²) in [7, 11) is 0. The molecule has 280 valence electrons. The molecule has 0 aromatic carbocycles. The number of carbonyl (C=O) groups is 8. The Morgan fingerprint density at radius 3 is 1.57 bits per heavy atom. The highest BCUT2D eigenvalue weighted by atomic mass is 16.4. The number of imidazole rings is 2. The van der Waals surface area contributed by atoms with E-state index in [1.165, 1.54) is 33.9 Å². The Morgan fingerprint density at radius 1 is 0.647 bits per heavy atom. The summed E-state index contributed by atoms with van der Waals surface area (Å²) < 4.78 is 2.88. The molecule has 2 amide bonds. The monoisotopic (exact) mass is 723 g/mol. The number of Topliss-reactive ketones (excluding diaryl/α,β-unsaturated/α-hetero) is 1. The molecule has 0 saturated carbocycles. The smallest absolute Gasteiger partial charge is 0.326 e. The number of aromatic nitrogens is 4. The number of carboxylic acids is 6. The lowest BCUT2D eigenvalue weighted by Crippen LogP contribution is -2.51. The molecule has 0 unspecified atom stereocenters. The van der Waals surface area contributed by atoms with Gasteiger partial charge in [0.15, 0.2) is 0 Å². The van der Waals surface area contributed by atoms with Crippen molar-refractivity contribution in [3.63, 3.8) is 0 Å². The number of urea groups is 1. The van der Waals surface area contributed by atoms with E-state index in [9.17, 15) is 63.9 Å². The number of hydrogen-bond acceptors (Lipinski definition) is 11. The summed E-state index contributed by atoms with van der Waals surface area (Å²) in [5.41, 5.74) is 0. The second kappa shape index (κ2) is 20.6. The van der Waals surface area contributed by atoms with E-state index >= 15 is 0 Å². The van der Waals surface area contributed by atoms with E-state index in [0.717, 1.165) is 0 Å². The van der Waals surface area contributed by atoms with Crippen LogP contribution in [0.2, 0.25) is 0 Å². The van der Waals surface area contributed by atoms with Gasteiger partial charge in [0.1, 0.15) is 42.6 Å². The van der Waals surface area contributed by atoms with Gasteiger partial charge in [0.05, 0.1) is 19.0 Å². The van der Waals surface area contributed by atoms with Gasteiger partial charge in [-0.15, -0.1) is 0 Å². The van der Waals surface area contributed by atoms with Gasteiger partial charge in [-0.3, -0.25) is 28.9 Å². The second-order valence-corrected chi connectivity index (χ2v) is 11.6. The fourth-order valence-corrected chi connectivity index (χ4v) is 5.04. The van der Waals surface area contributed by atoms with E-state index in [-0.39, 0.29) is 32.6 Å². The van der Waals surface area contributed by atoms with Crippen LogP contribution in [0, 0.1) is 5.92 Å². The Bertz CT molecular complexity index is 1500. The highest BCUT2D eigenvalue weighted by molar-refractivity contribution is 5.87. The highest BCUT2D eigenvalue weighted by Gasteiger charge is 2.27. The number of carboxylic acid groups (broad SMARTS) is 6. The lowest BCUT2D eigenvalue weighted by molar-refractivity contribution is -0.144. The first-order chi connectivity index (χ1) is 24.0. The number of nitrogens with zero attached hydrogens (tertiary/aromatic N) is 5. The summed E-state index contributed by atoms with van der Waals surface area (Å²) in [6.07, 6.45) is 4.43. The number of unbranched alkanes of at least 4 members (excludes halogenated alkanes) is 1. The topological polar surface area (TPSA) is 321 Å². The van der Waals surface area contributed by atoms with Gasteiger partial charge in [-0.2, -0.15) is 0 Å². The van der Waals surface area contributed by atoms with E-state index in [1.807, 2.05) is 15.5 Å². The third-order valence-electron chi connectivity index (χ3n) is 7.61. The molecule has 0 fully saturated rings. The van der Waals surface area contributed by atoms with Crippen molar-refractivity contribution >= 4 is 47.6 Å². The maximum absolute atomic E-state index is 12.7. The number of carbonyl (C=O) groups excluding carboxylic acids is 2. The van der Waals surface area contributed by atoms with E-state index in [1.54, 1.807) is 0 Å². The van der Waals surface area contributed by atoms with Crippen LogP contribution < -0.4 is 10.6 Å². The van der Waals surface area contributed by atoms with E-state index in [0.29, 0.717) is 31.0 Å². The summed E-state index contributed by atoms with van der Waals surface area (Å²) in [6.45, 7) is 0.00428. The molecule has 8 N–H and O–H groups in total. The van der Waals surface area contributed by atoms with Crippen molar-refractivity contribution in [2.75, 3.05) is 6.54 Å². The molecule has 0 saturated heterocycles. The normalized spacial score (nSPS) is 12.8. The van der Waals surface area contributed by atoms with Crippen molar-refractivity contribution in [3.05, 3.63) is 36.4 Å². The van der Waals surface area contributed by atoms with Gasteiger partial charge in [-0.05, 0) is 32.2 Å². The fraction of sp³-hybridized carbons (Fsp3) is 0.533. The van der Waals surface area contributed by atoms with Crippen molar-refractivity contribution in [3.8, 4) is 0 Å². The molecule has 0 spiro atoms. The number of amides is 2. The maximum atomic E-state index is 12.7. The molecule has 2 aromatic heterocycles. The first-order valence-corrected chi connectivity index (χ1v) is 15.7.